The van der Waals surface area contributed by atoms with Crippen LogP contribution in [-0.4, -0.2) is 29.8 Å². The Kier molecular flexibility index (Phi) is 4.66. The minimum absolute atomic E-state index is 0.294. The highest BCUT2D eigenvalue weighted by Gasteiger charge is 2.26. The average molecular weight is 436 g/mol. The van der Waals surface area contributed by atoms with Crippen LogP contribution in [0.3, 0.4) is 0 Å². The van der Waals surface area contributed by atoms with Crippen molar-refractivity contribution in [3.63, 3.8) is 0 Å². The summed E-state index contributed by atoms with van der Waals surface area (Å²) in [5, 5.41) is 9.99. The van der Waals surface area contributed by atoms with Gasteiger partial charge in [0.2, 0.25) is 0 Å². The van der Waals surface area contributed by atoms with Crippen molar-refractivity contribution >= 4 is 66.5 Å². The van der Waals surface area contributed by atoms with Gasteiger partial charge in [-0.05, 0) is 31.0 Å². The molecular weight excluding hydrogens is 417 g/mol. The van der Waals surface area contributed by atoms with Crippen LogP contribution in [0.5, 0.6) is 0 Å². The molecule has 5 nitrogen and oxygen atoms in total. The summed E-state index contributed by atoms with van der Waals surface area (Å²) in [6, 6.07) is 7.62. The van der Waals surface area contributed by atoms with Gasteiger partial charge in [-0.3, -0.25) is 0 Å². The second-order valence-electron chi connectivity index (χ2n) is 7.34. The molecule has 140 valence electrons. The van der Waals surface area contributed by atoms with Gasteiger partial charge in [0.25, 0.3) is 0 Å². The summed E-state index contributed by atoms with van der Waals surface area (Å²) in [4.78, 5) is 9.28. The van der Waals surface area contributed by atoms with E-state index in [4.69, 9.17) is 28.2 Å². The van der Waals surface area contributed by atoms with Gasteiger partial charge in [-0.15, -0.1) is 11.3 Å². The normalized spacial score (nSPS) is 14.3. The molecule has 0 spiro atoms. The Balaban J connectivity index is 1.77. The summed E-state index contributed by atoms with van der Waals surface area (Å²) in [6.07, 6.45) is 1.86. The highest BCUT2D eigenvalue weighted by molar-refractivity contribution is 7.18. The van der Waals surface area contributed by atoms with Crippen molar-refractivity contribution in [2.45, 2.75) is 31.9 Å². The van der Waals surface area contributed by atoms with Crippen molar-refractivity contribution < 1.29 is 0 Å². The van der Waals surface area contributed by atoms with Crippen LogP contribution in [0.15, 0.2) is 30.5 Å². The molecule has 1 aromatic carbocycles. The predicted octanol–water partition coefficient (Wildman–Crippen LogP) is 4.42. The van der Waals surface area contributed by atoms with Gasteiger partial charge in [-0.1, -0.05) is 37.0 Å². The van der Waals surface area contributed by atoms with Crippen molar-refractivity contribution in [3.05, 3.63) is 51.2 Å². The summed E-state index contributed by atoms with van der Waals surface area (Å²) in [7, 11) is 0.834. The Labute approximate surface area is 174 Å². The van der Waals surface area contributed by atoms with Crippen LogP contribution < -0.4 is 5.32 Å². The Morgan fingerprint density at radius 1 is 1.22 bits per heavy atom. The summed E-state index contributed by atoms with van der Waals surface area (Å²) in [5.74, 6) is 1.13. The smallest absolute Gasteiger partial charge is 0.162 e. The maximum atomic E-state index is 6.31. The maximum absolute atomic E-state index is 6.31. The minimum atomic E-state index is -0.294. The number of hydrogen-bond donors (Lipinski definition) is 1. The molecule has 3 heterocycles. The number of nitrogens with zero attached hydrogens (tertiary/aromatic N) is 4. The Hall–Kier alpha value is -1.67. The zero-order valence-corrected chi connectivity index (χ0v) is 19.7. The first-order chi connectivity index (χ1) is 12.7. The first-order valence-corrected chi connectivity index (χ1v) is 11.2. The number of anilines is 1. The van der Waals surface area contributed by atoms with E-state index in [-0.39, 0.29) is 5.16 Å². The van der Waals surface area contributed by atoms with Crippen LogP contribution in [0.2, 0.25) is 10.2 Å². The summed E-state index contributed by atoms with van der Waals surface area (Å²) >= 11 is 14.1. The number of fused-ring (bicyclic) bond motifs is 2. The fourth-order valence-electron chi connectivity index (χ4n) is 2.99. The molecule has 0 aliphatic carbocycles. The van der Waals surface area contributed by atoms with Crippen molar-refractivity contribution in [1.29, 1.82) is 0 Å². The third-order valence-electron chi connectivity index (χ3n) is 4.41. The SMILES string of the molecule is CC(C)c1cnn2c(NC(C)([SiH3])c3nc4cc(Cl)ccc4s3)cc(Cl)nc12. The van der Waals surface area contributed by atoms with Gasteiger partial charge in [0, 0.05) is 26.9 Å². The van der Waals surface area contributed by atoms with Crippen LogP contribution in [-0.2, 0) is 5.16 Å². The zero-order valence-electron chi connectivity index (χ0n) is 15.4. The van der Waals surface area contributed by atoms with Gasteiger partial charge in [0.1, 0.15) is 16.0 Å². The molecule has 0 radical (unpaired) electrons. The largest absolute Gasteiger partial charge is 0.362 e. The lowest BCUT2D eigenvalue weighted by Crippen LogP contribution is -2.33. The van der Waals surface area contributed by atoms with E-state index in [1.54, 1.807) is 11.3 Å². The number of hydrogen-bond acceptors (Lipinski definition) is 5. The maximum Gasteiger partial charge on any atom is 0.162 e. The second kappa shape index (κ2) is 6.74. The molecule has 0 bridgehead atoms. The lowest BCUT2D eigenvalue weighted by Gasteiger charge is -2.25. The van der Waals surface area contributed by atoms with Crippen molar-refractivity contribution in [2.24, 2.45) is 0 Å². The molecule has 0 amide bonds. The lowest BCUT2D eigenvalue weighted by atomic mass is 10.1. The second-order valence-corrected chi connectivity index (χ2v) is 11.2. The molecule has 4 rings (SSSR count). The van der Waals surface area contributed by atoms with Crippen LogP contribution in [0.1, 0.15) is 37.3 Å². The van der Waals surface area contributed by atoms with Gasteiger partial charge in [-0.25, -0.2) is 9.97 Å². The minimum Gasteiger partial charge on any atom is -0.362 e. The van der Waals surface area contributed by atoms with E-state index in [9.17, 15) is 0 Å². The van der Waals surface area contributed by atoms with Crippen LogP contribution in [0.25, 0.3) is 15.9 Å². The highest BCUT2D eigenvalue weighted by Crippen LogP contribution is 2.33. The zero-order chi connectivity index (χ0) is 19.3. The molecule has 0 fully saturated rings. The van der Waals surface area contributed by atoms with E-state index in [1.807, 2.05) is 35.0 Å². The molecule has 27 heavy (non-hydrogen) atoms. The van der Waals surface area contributed by atoms with Crippen LogP contribution >= 0.6 is 34.5 Å². The lowest BCUT2D eigenvalue weighted by molar-refractivity contribution is 0.756. The molecule has 1 atom stereocenters. The van der Waals surface area contributed by atoms with Gasteiger partial charge in [0.15, 0.2) is 5.65 Å². The third kappa shape index (κ3) is 3.45. The number of nitrogens with one attached hydrogen (secondary N) is 1. The van der Waals surface area contributed by atoms with Gasteiger partial charge in [0.05, 0.1) is 21.6 Å². The molecule has 0 saturated carbocycles. The summed E-state index contributed by atoms with van der Waals surface area (Å²) < 4.78 is 2.94. The fourth-order valence-corrected chi connectivity index (χ4v) is 5.02. The van der Waals surface area contributed by atoms with Crippen LogP contribution in [0.4, 0.5) is 5.82 Å². The van der Waals surface area contributed by atoms with Crippen molar-refractivity contribution in [2.75, 3.05) is 5.32 Å². The molecular formula is C18H19Cl2N5SSi. The summed E-state index contributed by atoms with van der Waals surface area (Å²) in [6.45, 7) is 6.39. The van der Waals surface area contributed by atoms with E-state index in [1.165, 1.54) is 0 Å². The molecule has 4 aromatic rings. The van der Waals surface area contributed by atoms with Gasteiger partial charge in [-0.2, -0.15) is 9.61 Å². The van der Waals surface area contributed by atoms with E-state index >= 15 is 0 Å². The first-order valence-electron chi connectivity index (χ1n) is 8.63. The molecule has 0 aliphatic heterocycles. The number of thiazole rings is 1. The van der Waals surface area contributed by atoms with Crippen molar-refractivity contribution in [1.82, 2.24) is 19.6 Å². The number of benzene rings is 1. The van der Waals surface area contributed by atoms with Crippen molar-refractivity contribution in [3.8, 4) is 0 Å². The van der Waals surface area contributed by atoms with Gasteiger partial charge < -0.3 is 5.32 Å². The standard InChI is InChI=1S/C18H19Cl2N5SSi/c1-9(2)11-8-21-25-15(7-14(20)23-16(11)25)24-18(3,27)17-22-12-6-10(19)4-5-13(12)26-17/h4-9,24H,1-3,27H3. The number of halogens is 2. The third-order valence-corrected chi connectivity index (χ3v) is 7.29. The quantitative estimate of drug-likeness (QED) is 0.380. The van der Waals surface area contributed by atoms with E-state index in [0.29, 0.717) is 16.1 Å². The Bertz CT molecular complexity index is 1150. The topological polar surface area (TPSA) is 55.1 Å². The predicted molar refractivity (Wildman–Crippen MR) is 118 cm³/mol. The highest BCUT2D eigenvalue weighted by atomic mass is 35.5. The molecule has 0 aliphatic rings. The molecule has 3 aromatic heterocycles. The molecule has 1 unspecified atom stereocenters. The average Bonchev–Trinajstić information content (AvgIpc) is 3.18. The molecule has 0 saturated heterocycles. The van der Waals surface area contributed by atoms with E-state index in [2.05, 4.69) is 36.2 Å². The fraction of sp³-hybridized carbons (Fsp3) is 0.278. The monoisotopic (exact) mass is 435 g/mol. The Morgan fingerprint density at radius 2 is 2.00 bits per heavy atom. The van der Waals surface area contributed by atoms with E-state index in [0.717, 1.165) is 42.5 Å². The summed E-state index contributed by atoms with van der Waals surface area (Å²) in [5.41, 5.74) is 2.78. The first kappa shape index (κ1) is 18.7. The number of aromatic nitrogens is 4. The Morgan fingerprint density at radius 3 is 2.74 bits per heavy atom. The molecule has 1 N–H and O–H groups in total. The van der Waals surface area contributed by atoms with E-state index < -0.39 is 0 Å². The number of rotatable bonds is 4. The molecule has 9 heteroatoms. The van der Waals surface area contributed by atoms with Gasteiger partial charge >= 0.3 is 0 Å². The van der Waals surface area contributed by atoms with Crippen LogP contribution in [0, 0.1) is 0 Å².